The van der Waals surface area contributed by atoms with Gasteiger partial charge in [0.25, 0.3) is 0 Å². The monoisotopic (exact) mass is 791 g/mol. The van der Waals surface area contributed by atoms with Crippen LogP contribution in [-0.2, 0) is 5.41 Å². The number of benzene rings is 10. The molecule has 10 aromatic carbocycles. The molecule has 2 aliphatic rings. The summed E-state index contributed by atoms with van der Waals surface area (Å²) in [4.78, 5) is 5.05. The largest absolute Gasteiger partial charge is 0.310 e. The lowest BCUT2D eigenvalue weighted by Gasteiger charge is -2.32. The van der Waals surface area contributed by atoms with Gasteiger partial charge in [-0.15, -0.1) is 11.3 Å². The van der Waals surface area contributed by atoms with E-state index in [0.717, 1.165) is 11.4 Å². The van der Waals surface area contributed by atoms with Gasteiger partial charge < -0.3 is 4.90 Å². The van der Waals surface area contributed by atoms with Crippen molar-refractivity contribution >= 4 is 60.7 Å². The van der Waals surface area contributed by atoms with Crippen LogP contribution in [0.15, 0.2) is 224 Å². The van der Waals surface area contributed by atoms with Crippen LogP contribution in [0.4, 0.5) is 17.1 Å². The van der Waals surface area contributed by atoms with Crippen LogP contribution >= 0.6 is 11.3 Å². The van der Waals surface area contributed by atoms with Crippen molar-refractivity contribution in [2.45, 2.75) is 5.41 Å². The van der Waals surface area contributed by atoms with E-state index >= 15 is 0 Å². The minimum absolute atomic E-state index is 0.439. The van der Waals surface area contributed by atoms with Crippen molar-refractivity contribution in [3.8, 4) is 43.1 Å². The van der Waals surface area contributed by atoms with E-state index < -0.39 is 5.41 Å². The van der Waals surface area contributed by atoms with Crippen molar-refractivity contribution in [1.82, 2.24) is 0 Å². The second-order valence-electron chi connectivity index (χ2n) is 16.3. The maximum absolute atomic E-state index is 2.53. The molecule has 2 aliphatic carbocycles. The molecule has 0 bridgehead atoms. The van der Waals surface area contributed by atoms with Crippen LogP contribution in [0.3, 0.4) is 0 Å². The van der Waals surface area contributed by atoms with Crippen LogP contribution < -0.4 is 4.90 Å². The highest BCUT2D eigenvalue weighted by Crippen LogP contribution is 2.64. The number of thiophene rings is 1. The lowest BCUT2D eigenvalue weighted by molar-refractivity contribution is 0.794. The molecular formula is C59H37NS. The third-order valence-electron chi connectivity index (χ3n) is 13.3. The normalized spacial score (nSPS) is 13.0. The molecule has 0 N–H and O–H groups in total. The third-order valence-corrected chi connectivity index (χ3v) is 14.5. The third kappa shape index (κ3) is 4.88. The van der Waals surface area contributed by atoms with Crippen molar-refractivity contribution in [1.29, 1.82) is 0 Å². The molecule has 11 aromatic rings. The predicted octanol–water partition coefficient (Wildman–Crippen LogP) is 16.4. The molecule has 1 spiro atoms. The summed E-state index contributed by atoms with van der Waals surface area (Å²) < 4.78 is 0. The van der Waals surface area contributed by atoms with Crippen LogP contribution in [0, 0.1) is 0 Å². The quantitative estimate of drug-likeness (QED) is 0.157. The maximum atomic E-state index is 2.53. The number of hydrogen-bond donors (Lipinski definition) is 0. The Morgan fingerprint density at radius 1 is 0.311 bits per heavy atom. The van der Waals surface area contributed by atoms with Gasteiger partial charge in [-0.25, -0.2) is 0 Å². The zero-order chi connectivity index (χ0) is 40.1. The predicted molar refractivity (Wildman–Crippen MR) is 259 cm³/mol. The number of nitrogens with zero attached hydrogens (tertiary/aromatic N) is 1. The van der Waals surface area contributed by atoms with Crippen molar-refractivity contribution in [3.05, 3.63) is 247 Å². The highest BCUT2D eigenvalue weighted by Gasteiger charge is 2.52. The lowest BCUT2D eigenvalue weighted by atomic mass is 9.70. The topological polar surface area (TPSA) is 3.24 Å². The van der Waals surface area contributed by atoms with E-state index in [-0.39, 0.29) is 0 Å². The first-order valence-electron chi connectivity index (χ1n) is 21.1. The lowest BCUT2D eigenvalue weighted by Crippen LogP contribution is -2.26. The summed E-state index contributed by atoms with van der Waals surface area (Å²) >= 11 is 1.85. The van der Waals surface area contributed by atoms with Gasteiger partial charge in [-0.3, -0.25) is 0 Å². The molecule has 1 aromatic heterocycles. The van der Waals surface area contributed by atoms with Crippen LogP contribution in [0.25, 0.3) is 75.5 Å². The molecule has 0 saturated carbocycles. The number of anilines is 3. The Labute approximate surface area is 359 Å². The SMILES string of the molecule is c1ccc(-c2ccc(-c3cccc(N(c4ccc5c6ccccc6c6ccccc6c5c4)c4cccc5c4-c4ccccc4C54c5ccccc5-c5ccccc54)c3)s2)cc1. The molecular weight excluding hydrogens is 755 g/mol. The molecule has 0 fully saturated rings. The summed E-state index contributed by atoms with van der Waals surface area (Å²) in [7, 11) is 0. The van der Waals surface area contributed by atoms with Crippen LogP contribution in [0.5, 0.6) is 0 Å². The molecule has 61 heavy (non-hydrogen) atoms. The van der Waals surface area contributed by atoms with Crippen LogP contribution in [0.1, 0.15) is 22.3 Å². The first-order chi connectivity index (χ1) is 30.3. The number of hydrogen-bond acceptors (Lipinski definition) is 2. The summed E-state index contributed by atoms with van der Waals surface area (Å²) in [6.45, 7) is 0. The molecule has 0 saturated heterocycles. The summed E-state index contributed by atoms with van der Waals surface area (Å²) in [6.07, 6.45) is 0. The Kier molecular flexibility index (Phi) is 7.46. The molecule has 0 atom stereocenters. The molecule has 0 unspecified atom stereocenters. The van der Waals surface area contributed by atoms with Gasteiger partial charge >= 0.3 is 0 Å². The molecule has 0 amide bonds. The zero-order valence-electron chi connectivity index (χ0n) is 33.2. The fourth-order valence-corrected chi connectivity index (χ4v) is 11.8. The Hall–Kier alpha value is -7.52. The fourth-order valence-electron chi connectivity index (χ4n) is 10.8. The van der Waals surface area contributed by atoms with E-state index in [2.05, 4.69) is 229 Å². The Morgan fingerprint density at radius 2 is 0.787 bits per heavy atom. The van der Waals surface area contributed by atoms with Gasteiger partial charge in [0.05, 0.1) is 11.1 Å². The van der Waals surface area contributed by atoms with E-state index in [1.807, 2.05) is 11.3 Å². The van der Waals surface area contributed by atoms with Gasteiger partial charge in [0, 0.05) is 26.7 Å². The van der Waals surface area contributed by atoms with E-state index in [0.29, 0.717) is 0 Å². The van der Waals surface area contributed by atoms with E-state index in [4.69, 9.17) is 0 Å². The Balaban J connectivity index is 1.09. The molecule has 284 valence electrons. The molecule has 1 heterocycles. The summed E-state index contributed by atoms with van der Waals surface area (Å²) in [5.41, 5.74) is 16.0. The van der Waals surface area contributed by atoms with Crippen LogP contribution in [0.2, 0.25) is 0 Å². The first kappa shape index (κ1) is 34.4. The summed E-state index contributed by atoms with van der Waals surface area (Å²) in [6, 6.07) is 83.6. The highest BCUT2D eigenvalue weighted by atomic mass is 32.1. The molecule has 0 aliphatic heterocycles. The Morgan fingerprint density at radius 3 is 1.46 bits per heavy atom. The second kappa shape index (κ2) is 13.2. The standard InChI is InChI=1S/C59H37NS/c1-2-16-38(17-3-1)56-34-35-57(61-56)39-18-14-19-40(36-39)60(41-32-33-46-44-22-5-4-20-42(44)43-21-6-7-23-45(43)50(46)37-41)55-31-15-30-54-58(55)49-26-10-13-29-53(49)59(54)51-27-11-8-24-47(51)48-25-9-12-28-52(48)59/h1-37H. The average Bonchev–Trinajstić information content (AvgIpc) is 4.03. The number of rotatable bonds is 5. The minimum atomic E-state index is -0.439. The molecule has 1 nitrogen and oxygen atoms in total. The smallest absolute Gasteiger partial charge is 0.0726 e. The second-order valence-corrected chi connectivity index (χ2v) is 17.4. The van der Waals surface area contributed by atoms with Gasteiger partial charge in [-0.2, -0.15) is 0 Å². The maximum Gasteiger partial charge on any atom is 0.0726 e. The molecule has 0 radical (unpaired) electrons. The van der Waals surface area contributed by atoms with Crippen molar-refractivity contribution < 1.29 is 0 Å². The summed E-state index contributed by atoms with van der Waals surface area (Å²) in [5.74, 6) is 0. The highest BCUT2D eigenvalue weighted by molar-refractivity contribution is 7.18. The molecule has 2 heteroatoms. The van der Waals surface area contributed by atoms with Gasteiger partial charge in [0.15, 0.2) is 0 Å². The number of fused-ring (bicyclic) bond motifs is 16. The van der Waals surface area contributed by atoms with Gasteiger partial charge in [0.2, 0.25) is 0 Å². The van der Waals surface area contributed by atoms with Gasteiger partial charge in [-0.1, -0.05) is 182 Å². The van der Waals surface area contributed by atoms with Crippen molar-refractivity contribution in [3.63, 3.8) is 0 Å². The van der Waals surface area contributed by atoms with E-state index in [9.17, 15) is 0 Å². The Bertz CT molecular complexity index is 3480. The zero-order valence-corrected chi connectivity index (χ0v) is 34.0. The van der Waals surface area contributed by atoms with Crippen molar-refractivity contribution in [2.24, 2.45) is 0 Å². The first-order valence-corrected chi connectivity index (χ1v) is 21.9. The van der Waals surface area contributed by atoms with Gasteiger partial charge in [-0.05, 0) is 125 Å². The van der Waals surface area contributed by atoms with Gasteiger partial charge in [0.1, 0.15) is 0 Å². The minimum Gasteiger partial charge on any atom is -0.310 e. The van der Waals surface area contributed by atoms with E-state index in [1.165, 1.54) is 103 Å². The fraction of sp³-hybridized carbons (Fsp3) is 0.0169. The van der Waals surface area contributed by atoms with Crippen LogP contribution in [-0.4, -0.2) is 0 Å². The van der Waals surface area contributed by atoms with E-state index in [1.54, 1.807) is 0 Å². The average molecular weight is 792 g/mol. The summed E-state index contributed by atoms with van der Waals surface area (Å²) in [5, 5.41) is 7.62. The van der Waals surface area contributed by atoms with Crippen molar-refractivity contribution in [2.75, 3.05) is 4.90 Å². The molecule has 13 rings (SSSR count).